The van der Waals surface area contributed by atoms with E-state index in [0.29, 0.717) is 11.0 Å². The largest absolute Gasteiger partial charge is 0.467 e. The number of thioether (sulfide) groups is 1. The lowest BCUT2D eigenvalue weighted by atomic mass is 10.6. The molecule has 0 saturated carbocycles. The van der Waals surface area contributed by atoms with Gasteiger partial charge in [0.15, 0.2) is 5.16 Å². The van der Waals surface area contributed by atoms with E-state index in [1.807, 2.05) is 6.92 Å². The lowest BCUT2D eigenvalue weighted by molar-refractivity contribution is 0.373. The van der Waals surface area contributed by atoms with E-state index >= 15 is 0 Å². The summed E-state index contributed by atoms with van der Waals surface area (Å²) in [6.07, 6.45) is 0. The van der Waals surface area contributed by atoms with Gasteiger partial charge in [0, 0.05) is 11.1 Å². The summed E-state index contributed by atoms with van der Waals surface area (Å²) in [5, 5.41) is 0.871. The smallest absolute Gasteiger partial charge is 0.321 e. The zero-order valence-corrected chi connectivity index (χ0v) is 10.0. The number of ether oxygens (including phenoxy) is 1. The first-order valence-corrected chi connectivity index (χ1v) is 5.63. The minimum atomic E-state index is 0.126. The van der Waals surface area contributed by atoms with Gasteiger partial charge in [0.1, 0.15) is 0 Å². The molecule has 0 aromatic carbocycles. The Kier molecular flexibility index (Phi) is 4.71. The minimum Gasteiger partial charge on any atom is -0.467 e. The molecule has 1 rings (SSSR count). The van der Waals surface area contributed by atoms with E-state index in [9.17, 15) is 0 Å². The van der Waals surface area contributed by atoms with Crippen molar-refractivity contribution < 1.29 is 4.74 Å². The molecule has 0 amide bonds. The zero-order valence-electron chi connectivity index (χ0n) is 7.70. The summed E-state index contributed by atoms with van der Waals surface area (Å²) in [4.78, 5) is 11.7. The van der Waals surface area contributed by atoms with Gasteiger partial charge in [-0.1, -0.05) is 18.7 Å². The van der Waals surface area contributed by atoms with Crippen LogP contribution in [0.25, 0.3) is 0 Å². The third-order valence-electron chi connectivity index (χ3n) is 1.27. The average Bonchev–Trinajstić information content (AvgIpc) is 2.16. The molecule has 1 heterocycles. The highest BCUT2D eigenvalue weighted by atomic mass is 35.5. The van der Waals surface area contributed by atoms with E-state index < -0.39 is 0 Å². The first kappa shape index (κ1) is 11.8. The highest BCUT2D eigenvalue weighted by Crippen LogP contribution is 2.22. The number of nitrogens with zero attached hydrogens (tertiary/aromatic N) is 3. The van der Waals surface area contributed by atoms with E-state index in [2.05, 4.69) is 15.0 Å². The van der Waals surface area contributed by atoms with Crippen LogP contribution < -0.4 is 4.74 Å². The molecular formula is C7H9Cl2N3OS. The molecule has 0 radical (unpaired) electrons. The molecule has 0 aliphatic heterocycles. The maximum atomic E-state index is 5.67. The van der Waals surface area contributed by atoms with Gasteiger partial charge in [0.05, 0.1) is 7.11 Å². The van der Waals surface area contributed by atoms with Crippen molar-refractivity contribution in [1.29, 1.82) is 0 Å². The summed E-state index contributed by atoms with van der Waals surface area (Å²) in [7, 11) is 1.48. The summed E-state index contributed by atoms with van der Waals surface area (Å²) in [6.45, 7) is 1.97. The van der Waals surface area contributed by atoms with Crippen LogP contribution in [-0.4, -0.2) is 33.2 Å². The summed E-state index contributed by atoms with van der Waals surface area (Å²) in [5.41, 5.74) is 0. The van der Waals surface area contributed by atoms with Crippen molar-refractivity contribution in [3.63, 3.8) is 0 Å². The van der Waals surface area contributed by atoms with Gasteiger partial charge in [0.25, 0.3) is 0 Å². The van der Waals surface area contributed by atoms with E-state index in [1.165, 1.54) is 18.9 Å². The van der Waals surface area contributed by atoms with Crippen LogP contribution in [0.3, 0.4) is 0 Å². The Bertz CT molecular complexity index is 313. The Morgan fingerprint density at radius 3 is 2.71 bits per heavy atom. The van der Waals surface area contributed by atoms with Gasteiger partial charge >= 0.3 is 6.01 Å². The summed E-state index contributed by atoms with van der Waals surface area (Å²) < 4.78 is 4.86. The van der Waals surface area contributed by atoms with Gasteiger partial charge in [-0.2, -0.15) is 15.0 Å². The van der Waals surface area contributed by atoms with Crippen molar-refractivity contribution in [2.45, 2.75) is 17.3 Å². The second-order valence-corrected chi connectivity index (χ2v) is 4.51. The molecule has 1 atom stereocenters. The second-order valence-electron chi connectivity index (χ2n) is 2.46. The Morgan fingerprint density at radius 2 is 2.14 bits per heavy atom. The Balaban J connectivity index is 2.81. The fourth-order valence-corrected chi connectivity index (χ4v) is 1.75. The highest BCUT2D eigenvalue weighted by molar-refractivity contribution is 7.99. The van der Waals surface area contributed by atoms with E-state index in [1.54, 1.807) is 0 Å². The van der Waals surface area contributed by atoms with E-state index in [-0.39, 0.29) is 16.5 Å². The van der Waals surface area contributed by atoms with Crippen molar-refractivity contribution in [3.8, 4) is 6.01 Å². The number of alkyl halides is 1. The monoisotopic (exact) mass is 253 g/mol. The highest BCUT2D eigenvalue weighted by Gasteiger charge is 2.09. The van der Waals surface area contributed by atoms with Crippen LogP contribution >= 0.6 is 35.0 Å². The van der Waals surface area contributed by atoms with Crippen molar-refractivity contribution >= 4 is 35.0 Å². The van der Waals surface area contributed by atoms with Gasteiger partial charge in [-0.3, -0.25) is 0 Å². The molecule has 1 aromatic rings. The molecule has 14 heavy (non-hydrogen) atoms. The molecular weight excluding hydrogens is 245 g/mol. The molecule has 0 aliphatic rings. The van der Waals surface area contributed by atoms with E-state index in [4.69, 9.17) is 27.9 Å². The molecule has 0 spiro atoms. The number of hydrogen-bond donors (Lipinski definition) is 0. The number of halogens is 2. The van der Waals surface area contributed by atoms with Crippen LogP contribution in [0, 0.1) is 0 Å². The van der Waals surface area contributed by atoms with Gasteiger partial charge in [0.2, 0.25) is 5.28 Å². The van der Waals surface area contributed by atoms with Crippen molar-refractivity contribution in [2.24, 2.45) is 0 Å². The molecule has 0 fully saturated rings. The Morgan fingerprint density at radius 1 is 1.43 bits per heavy atom. The molecule has 7 heteroatoms. The predicted octanol–water partition coefficient (Wildman–Crippen LogP) is 2.25. The summed E-state index contributed by atoms with van der Waals surface area (Å²) in [6, 6.07) is 0.217. The SMILES string of the molecule is COc1nc(Cl)nc(SC(C)CCl)n1. The van der Waals surface area contributed by atoms with Crippen LogP contribution in [0.1, 0.15) is 6.92 Å². The minimum absolute atomic E-state index is 0.126. The molecule has 4 nitrogen and oxygen atoms in total. The van der Waals surface area contributed by atoms with Crippen molar-refractivity contribution in [3.05, 3.63) is 5.28 Å². The number of rotatable bonds is 4. The van der Waals surface area contributed by atoms with Crippen LogP contribution in [0.2, 0.25) is 5.28 Å². The fraction of sp³-hybridized carbons (Fsp3) is 0.571. The number of hydrogen-bond acceptors (Lipinski definition) is 5. The number of aromatic nitrogens is 3. The molecule has 0 N–H and O–H groups in total. The summed E-state index contributed by atoms with van der Waals surface area (Å²) in [5.74, 6) is 0.524. The Hall–Kier alpha value is -0.260. The normalized spacial score (nSPS) is 12.6. The van der Waals surface area contributed by atoms with Crippen LogP contribution in [0.15, 0.2) is 5.16 Å². The lowest BCUT2D eigenvalue weighted by Crippen LogP contribution is -2.02. The molecule has 0 saturated heterocycles. The van der Waals surface area contributed by atoms with Crippen molar-refractivity contribution in [2.75, 3.05) is 13.0 Å². The fourth-order valence-electron chi connectivity index (χ4n) is 0.670. The van der Waals surface area contributed by atoms with Gasteiger partial charge in [-0.05, 0) is 11.6 Å². The molecule has 0 aliphatic carbocycles. The molecule has 0 bridgehead atoms. The first-order chi connectivity index (χ1) is 6.65. The van der Waals surface area contributed by atoms with Crippen molar-refractivity contribution in [1.82, 2.24) is 15.0 Å². The molecule has 78 valence electrons. The summed E-state index contributed by atoms with van der Waals surface area (Å²) >= 11 is 12.8. The third-order valence-corrected chi connectivity index (χ3v) is 3.05. The third kappa shape index (κ3) is 3.48. The maximum absolute atomic E-state index is 5.67. The Labute approximate surface area is 96.4 Å². The van der Waals surface area contributed by atoms with Gasteiger partial charge in [-0.25, -0.2) is 0 Å². The number of methoxy groups -OCH3 is 1. The zero-order chi connectivity index (χ0) is 10.6. The quantitative estimate of drug-likeness (QED) is 0.609. The van der Waals surface area contributed by atoms with Crippen LogP contribution in [0.4, 0.5) is 0 Å². The van der Waals surface area contributed by atoms with E-state index in [0.717, 1.165) is 0 Å². The average molecular weight is 254 g/mol. The van der Waals surface area contributed by atoms with Gasteiger partial charge in [-0.15, -0.1) is 11.6 Å². The first-order valence-electron chi connectivity index (χ1n) is 3.84. The topological polar surface area (TPSA) is 47.9 Å². The van der Waals surface area contributed by atoms with Crippen LogP contribution in [0.5, 0.6) is 6.01 Å². The van der Waals surface area contributed by atoms with Crippen LogP contribution in [-0.2, 0) is 0 Å². The second kappa shape index (κ2) is 5.58. The maximum Gasteiger partial charge on any atom is 0.321 e. The van der Waals surface area contributed by atoms with Gasteiger partial charge < -0.3 is 4.74 Å². The molecule has 1 aromatic heterocycles. The standard InChI is InChI=1S/C7H9Cl2N3OS/c1-4(3-8)14-7-11-5(9)10-6(12-7)13-2/h4H,3H2,1-2H3. The lowest BCUT2D eigenvalue weighted by Gasteiger charge is -2.05. The molecule has 1 unspecified atom stereocenters. The predicted molar refractivity (Wildman–Crippen MR) is 57.4 cm³/mol.